The molecule has 0 aromatic heterocycles. The highest BCUT2D eigenvalue weighted by molar-refractivity contribution is 5.80. The van der Waals surface area contributed by atoms with Crippen LogP contribution in [-0.4, -0.2) is 11.9 Å². The molecule has 0 aromatic carbocycles. The first-order chi connectivity index (χ1) is 12.5. The Bertz CT molecular complexity index is 524. The van der Waals surface area contributed by atoms with Gasteiger partial charge in [0, 0.05) is 0 Å². The second-order valence-electron chi connectivity index (χ2n) is 11.1. The van der Waals surface area contributed by atoms with Gasteiger partial charge in [-0.15, -0.1) is 0 Å². The van der Waals surface area contributed by atoms with Crippen molar-refractivity contribution in [3.8, 4) is 0 Å². The van der Waals surface area contributed by atoms with E-state index in [4.69, 9.17) is 9.78 Å². The predicted octanol–water partition coefficient (Wildman–Crippen LogP) is 4.42. The molecule has 0 aliphatic heterocycles. The van der Waals surface area contributed by atoms with E-state index in [9.17, 15) is 9.59 Å². The Labute approximate surface area is 155 Å². The standard InChI is InChI=1S/C22H30O4/c23-19(21-7-13-1-14(8-21)3-15(2-13)9-21)25-26-20(24)22-10-16-4-17(11-22)6-18(5-16)12-22/h13-18H,1-12H2. The van der Waals surface area contributed by atoms with Crippen LogP contribution in [-0.2, 0) is 19.4 Å². The van der Waals surface area contributed by atoms with Gasteiger partial charge in [-0.1, -0.05) is 0 Å². The van der Waals surface area contributed by atoms with Gasteiger partial charge in [0.1, 0.15) is 0 Å². The van der Waals surface area contributed by atoms with Crippen molar-refractivity contribution in [3.63, 3.8) is 0 Å². The molecule has 0 atom stereocenters. The van der Waals surface area contributed by atoms with Crippen LogP contribution in [0.4, 0.5) is 0 Å². The van der Waals surface area contributed by atoms with Crippen LogP contribution in [0.25, 0.3) is 0 Å². The van der Waals surface area contributed by atoms with Crippen molar-refractivity contribution in [2.24, 2.45) is 46.3 Å². The average molecular weight is 358 g/mol. The summed E-state index contributed by atoms with van der Waals surface area (Å²) >= 11 is 0. The third-order valence-corrected chi connectivity index (χ3v) is 9.14. The lowest BCUT2D eigenvalue weighted by molar-refractivity contribution is -0.283. The Morgan fingerprint density at radius 1 is 0.500 bits per heavy atom. The number of carbonyl (C=O) groups excluding carboxylic acids is 2. The third kappa shape index (κ3) is 2.26. The molecule has 0 radical (unpaired) electrons. The fourth-order valence-corrected chi connectivity index (χ4v) is 8.97. The first-order valence-electron chi connectivity index (χ1n) is 11.0. The summed E-state index contributed by atoms with van der Waals surface area (Å²) in [6, 6.07) is 0. The molecule has 8 saturated carbocycles. The molecule has 8 aliphatic carbocycles. The van der Waals surface area contributed by atoms with Gasteiger partial charge < -0.3 is 0 Å². The molecule has 26 heavy (non-hydrogen) atoms. The van der Waals surface area contributed by atoms with Crippen LogP contribution >= 0.6 is 0 Å². The fraction of sp³-hybridized carbons (Fsp3) is 0.909. The molecule has 0 N–H and O–H groups in total. The Balaban J connectivity index is 1.14. The van der Waals surface area contributed by atoms with Crippen molar-refractivity contribution in [3.05, 3.63) is 0 Å². The van der Waals surface area contributed by atoms with Gasteiger partial charge in [-0.05, 0) is 113 Å². The lowest BCUT2D eigenvalue weighted by Crippen LogP contribution is -2.52. The molecule has 0 saturated heterocycles. The monoisotopic (exact) mass is 358 g/mol. The zero-order valence-electron chi connectivity index (χ0n) is 15.6. The van der Waals surface area contributed by atoms with E-state index in [1.807, 2.05) is 0 Å². The number of carbonyl (C=O) groups is 2. The van der Waals surface area contributed by atoms with Gasteiger partial charge in [-0.3, -0.25) is 0 Å². The largest absolute Gasteiger partial charge is 0.361 e. The number of rotatable bonds is 2. The molecule has 8 aliphatic rings. The van der Waals surface area contributed by atoms with Gasteiger partial charge in [0.05, 0.1) is 10.8 Å². The molecule has 0 heterocycles. The second kappa shape index (κ2) is 5.26. The van der Waals surface area contributed by atoms with Crippen LogP contribution in [0.15, 0.2) is 0 Å². The summed E-state index contributed by atoms with van der Waals surface area (Å²) in [7, 11) is 0. The minimum atomic E-state index is -0.351. The highest BCUT2D eigenvalue weighted by atomic mass is 17.2. The van der Waals surface area contributed by atoms with Gasteiger partial charge >= 0.3 is 11.9 Å². The van der Waals surface area contributed by atoms with E-state index in [0.717, 1.165) is 38.5 Å². The van der Waals surface area contributed by atoms with E-state index in [1.165, 1.54) is 38.5 Å². The van der Waals surface area contributed by atoms with E-state index < -0.39 is 0 Å². The van der Waals surface area contributed by atoms with Crippen molar-refractivity contribution in [2.75, 3.05) is 0 Å². The molecule has 0 spiro atoms. The normalized spacial score (nSPS) is 52.9. The van der Waals surface area contributed by atoms with E-state index >= 15 is 0 Å². The van der Waals surface area contributed by atoms with Crippen LogP contribution in [0, 0.1) is 46.3 Å². The first-order valence-corrected chi connectivity index (χ1v) is 11.0. The molecule has 8 bridgehead atoms. The SMILES string of the molecule is O=C(OOC(=O)C12CC3CC(CC(C3)C1)C2)C12CC3CC(CC(C3)C1)C2. The van der Waals surface area contributed by atoms with E-state index in [0.29, 0.717) is 35.5 Å². The summed E-state index contributed by atoms with van der Waals surface area (Å²) in [6.07, 6.45) is 13.5. The Kier molecular flexibility index (Phi) is 3.23. The van der Waals surface area contributed by atoms with E-state index in [-0.39, 0.29) is 22.8 Å². The van der Waals surface area contributed by atoms with Gasteiger partial charge in [0.2, 0.25) is 0 Å². The van der Waals surface area contributed by atoms with Gasteiger partial charge in [-0.2, -0.15) is 0 Å². The van der Waals surface area contributed by atoms with Gasteiger partial charge in [0.15, 0.2) is 0 Å². The van der Waals surface area contributed by atoms with Crippen LogP contribution in [0.1, 0.15) is 77.0 Å². The molecule has 142 valence electrons. The highest BCUT2D eigenvalue weighted by Crippen LogP contribution is 2.62. The van der Waals surface area contributed by atoms with Crippen LogP contribution in [0.5, 0.6) is 0 Å². The molecule has 0 aromatic rings. The van der Waals surface area contributed by atoms with Crippen molar-refractivity contribution in [1.82, 2.24) is 0 Å². The summed E-state index contributed by atoms with van der Waals surface area (Å²) < 4.78 is 0. The minimum Gasteiger partial charge on any atom is -0.247 e. The molecular weight excluding hydrogens is 328 g/mol. The molecule has 4 nitrogen and oxygen atoms in total. The van der Waals surface area contributed by atoms with Crippen molar-refractivity contribution >= 4 is 11.9 Å². The van der Waals surface area contributed by atoms with Crippen LogP contribution in [0.3, 0.4) is 0 Å². The summed E-state index contributed by atoms with van der Waals surface area (Å²) in [5, 5.41) is 0. The van der Waals surface area contributed by atoms with Gasteiger partial charge in [0.25, 0.3) is 0 Å². The van der Waals surface area contributed by atoms with Crippen molar-refractivity contribution in [2.45, 2.75) is 77.0 Å². The van der Waals surface area contributed by atoms with Crippen molar-refractivity contribution < 1.29 is 19.4 Å². The molecule has 8 fully saturated rings. The number of hydrogen-bond donors (Lipinski definition) is 0. The predicted molar refractivity (Wildman–Crippen MR) is 93.4 cm³/mol. The summed E-state index contributed by atoms with van der Waals surface area (Å²) in [5.41, 5.74) is -0.701. The quantitative estimate of drug-likeness (QED) is 0.542. The Hall–Kier alpha value is -1.06. The van der Waals surface area contributed by atoms with Crippen LogP contribution in [0.2, 0.25) is 0 Å². The number of hydrogen-bond acceptors (Lipinski definition) is 4. The van der Waals surface area contributed by atoms with E-state index in [2.05, 4.69) is 0 Å². The maximum atomic E-state index is 12.9. The second-order valence-corrected chi connectivity index (χ2v) is 11.1. The lowest BCUT2D eigenvalue weighted by atomic mass is 9.49. The molecular formula is C22H30O4. The fourth-order valence-electron chi connectivity index (χ4n) is 8.97. The maximum absolute atomic E-state index is 12.9. The Morgan fingerprint density at radius 3 is 0.962 bits per heavy atom. The zero-order chi connectivity index (χ0) is 17.5. The average Bonchev–Trinajstić information content (AvgIpc) is 2.57. The minimum absolute atomic E-state index is 0.241. The molecule has 8 rings (SSSR count). The smallest absolute Gasteiger partial charge is 0.247 e. The molecule has 0 unspecified atom stereocenters. The summed E-state index contributed by atoms with van der Waals surface area (Å²) in [5.74, 6) is 3.64. The van der Waals surface area contributed by atoms with Crippen LogP contribution < -0.4 is 0 Å². The first kappa shape index (κ1) is 15.9. The lowest BCUT2D eigenvalue weighted by Gasteiger charge is -2.55. The van der Waals surface area contributed by atoms with E-state index in [1.54, 1.807) is 0 Å². The topological polar surface area (TPSA) is 52.6 Å². The van der Waals surface area contributed by atoms with Gasteiger partial charge in [-0.25, -0.2) is 19.4 Å². The third-order valence-electron chi connectivity index (χ3n) is 9.14. The summed E-state index contributed by atoms with van der Waals surface area (Å²) in [4.78, 5) is 36.4. The van der Waals surface area contributed by atoms with Crippen molar-refractivity contribution in [1.29, 1.82) is 0 Å². The molecule has 0 amide bonds. The summed E-state index contributed by atoms with van der Waals surface area (Å²) in [6.45, 7) is 0. The highest BCUT2D eigenvalue weighted by Gasteiger charge is 2.58. The Morgan fingerprint density at radius 2 is 0.731 bits per heavy atom. The maximum Gasteiger partial charge on any atom is 0.361 e. The molecule has 4 heteroatoms. The zero-order valence-corrected chi connectivity index (χ0v) is 15.6.